The van der Waals surface area contributed by atoms with Crippen molar-refractivity contribution in [1.82, 2.24) is 0 Å². The molecule has 0 saturated carbocycles. The van der Waals surface area contributed by atoms with Gasteiger partial charge in [0.2, 0.25) is 0 Å². The third-order valence-electron chi connectivity index (χ3n) is 3.12. The number of rotatable bonds is 4. The average Bonchev–Trinajstić information content (AvgIpc) is 2.47. The van der Waals surface area contributed by atoms with Gasteiger partial charge in [-0.25, -0.2) is 0 Å². The van der Waals surface area contributed by atoms with Gasteiger partial charge in [-0.15, -0.1) is 0 Å². The number of esters is 1. The summed E-state index contributed by atoms with van der Waals surface area (Å²) >= 11 is 9.37. The Morgan fingerprint density at radius 1 is 1.20 bits per heavy atom. The van der Waals surface area contributed by atoms with Crippen molar-refractivity contribution in [1.29, 1.82) is 0 Å². The van der Waals surface area contributed by atoms with Gasteiger partial charge in [0.05, 0.1) is 13.0 Å². The molecule has 0 radical (unpaired) electrons. The first-order chi connectivity index (χ1) is 9.61. The van der Waals surface area contributed by atoms with Gasteiger partial charge in [-0.1, -0.05) is 57.9 Å². The molecule has 0 aliphatic heterocycles. The fourth-order valence-corrected chi connectivity index (χ4v) is 2.76. The second-order valence-corrected chi connectivity index (χ2v) is 5.72. The van der Waals surface area contributed by atoms with Gasteiger partial charge in [0.25, 0.3) is 0 Å². The molecule has 0 spiro atoms. The van der Waals surface area contributed by atoms with Crippen molar-refractivity contribution in [2.75, 3.05) is 7.11 Å². The Balaban J connectivity index is 2.31. The standard InChI is InChI=1S/C16H14BrClO2/c1-20-16(19)14(13-4-2-3-5-15(13)17)10-11-6-8-12(18)9-7-11/h2-9,14H,10H2,1H3/t14-/m0/s1. The summed E-state index contributed by atoms with van der Waals surface area (Å²) in [6.45, 7) is 0. The number of ether oxygens (including phenoxy) is 1. The van der Waals surface area contributed by atoms with E-state index in [1.807, 2.05) is 48.5 Å². The molecule has 1 atom stereocenters. The molecule has 4 heteroatoms. The first-order valence-corrected chi connectivity index (χ1v) is 7.35. The molecule has 2 aromatic rings. The molecule has 20 heavy (non-hydrogen) atoms. The maximum absolute atomic E-state index is 12.1. The van der Waals surface area contributed by atoms with Crippen molar-refractivity contribution in [3.8, 4) is 0 Å². The lowest BCUT2D eigenvalue weighted by Gasteiger charge is -2.16. The lowest BCUT2D eigenvalue weighted by Crippen LogP contribution is -2.17. The summed E-state index contributed by atoms with van der Waals surface area (Å²) in [6, 6.07) is 15.2. The maximum atomic E-state index is 12.1. The minimum atomic E-state index is -0.336. The second-order valence-electron chi connectivity index (χ2n) is 4.43. The molecular weight excluding hydrogens is 340 g/mol. The van der Waals surface area contributed by atoms with Crippen molar-refractivity contribution in [2.45, 2.75) is 12.3 Å². The predicted octanol–water partition coefficient (Wildman–Crippen LogP) is 4.60. The van der Waals surface area contributed by atoms with E-state index in [0.29, 0.717) is 11.4 Å². The van der Waals surface area contributed by atoms with Gasteiger partial charge in [0.1, 0.15) is 0 Å². The summed E-state index contributed by atoms with van der Waals surface area (Å²) in [5, 5.41) is 0.684. The van der Waals surface area contributed by atoms with Crippen molar-refractivity contribution < 1.29 is 9.53 Å². The molecule has 0 N–H and O–H groups in total. The molecule has 2 aromatic carbocycles. The van der Waals surface area contributed by atoms with Gasteiger partial charge in [-0.2, -0.15) is 0 Å². The van der Waals surface area contributed by atoms with Gasteiger partial charge in [-0.05, 0) is 35.7 Å². The minimum Gasteiger partial charge on any atom is -0.469 e. The number of benzene rings is 2. The van der Waals surface area contributed by atoms with Gasteiger partial charge in [0, 0.05) is 9.50 Å². The molecule has 0 saturated heterocycles. The SMILES string of the molecule is COC(=O)[C@@H](Cc1ccc(Cl)cc1)c1ccccc1Br. The molecule has 2 nitrogen and oxygen atoms in total. The van der Waals surface area contributed by atoms with Crippen molar-refractivity contribution in [2.24, 2.45) is 0 Å². The van der Waals surface area contributed by atoms with Crippen LogP contribution in [0.15, 0.2) is 53.0 Å². The fourth-order valence-electron chi connectivity index (χ4n) is 2.08. The zero-order valence-electron chi connectivity index (χ0n) is 11.0. The Kier molecular flexibility index (Phi) is 5.21. The summed E-state index contributed by atoms with van der Waals surface area (Å²) in [5.74, 6) is -0.580. The van der Waals surface area contributed by atoms with Crippen LogP contribution < -0.4 is 0 Å². The lowest BCUT2D eigenvalue weighted by molar-refractivity contribution is -0.142. The fraction of sp³-hybridized carbons (Fsp3) is 0.188. The van der Waals surface area contributed by atoms with E-state index >= 15 is 0 Å². The van der Waals surface area contributed by atoms with Gasteiger partial charge in [-0.3, -0.25) is 4.79 Å². The average molecular weight is 354 g/mol. The highest BCUT2D eigenvalue weighted by Crippen LogP contribution is 2.29. The Hall–Kier alpha value is -1.32. The number of halogens is 2. The van der Waals surface area contributed by atoms with Gasteiger partial charge < -0.3 is 4.74 Å². The van der Waals surface area contributed by atoms with E-state index in [0.717, 1.165) is 15.6 Å². The highest BCUT2D eigenvalue weighted by molar-refractivity contribution is 9.10. The Labute approximate surface area is 131 Å². The quantitative estimate of drug-likeness (QED) is 0.751. The zero-order chi connectivity index (χ0) is 14.5. The predicted molar refractivity (Wildman–Crippen MR) is 84.1 cm³/mol. The molecule has 0 aromatic heterocycles. The molecule has 0 amide bonds. The third kappa shape index (κ3) is 3.62. The molecule has 0 bridgehead atoms. The van der Waals surface area contributed by atoms with E-state index in [-0.39, 0.29) is 11.9 Å². The first-order valence-electron chi connectivity index (χ1n) is 6.18. The van der Waals surface area contributed by atoms with E-state index in [9.17, 15) is 4.79 Å². The van der Waals surface area contributed by atoms with E-state index in [1.54, 1.807) is 0 Å². The number of hydrogen-bond acceptors (Lipinski definition) is 2. The van der Waals surface area contributed by atoms with Crippen LogP contribution in [0.5, 0.6) is 0 Å². The van der Waals surface area contributed by atoms with Crippen LogP contribution in [0.25, 0.3) is 0 Å². The Morgan fingerprint density at radius 2 is 1.85 bits per heavy atom. The largest absolute Gasteiger partial charge is 0.469 e. The minimum absolute atomic E-state index is 0.244. The van der Waals surface area contributed by atoms with Gasteiger partial charge in [0.15, 0.2) is 0 Å². The second kappa shape index (κ2) is 6.91. The highest BCUT2D eigenvalue weighted by Gasteiger charge is 2.23. The molecule has 0 aliphatic rings. The third-order valence-corrected chi connectivity index (χ3v) is 4.09. The van der Waals surface area contributed by atoms with Crippen LogP contribution in [0.3, 0.4) is 0 Å². The van der Waals surface area contributed by atoms with Crippen LogP contribution in [0.1, 0.15) is 17.0 Å². The number of methoxy groups -OCH3 is 1. The smallest absolute Gasteiger partial charge is 0.313 e. The first kappa shape index (κ1) is 15.1. The van der Waals surface area contributed by atoms with Gasteiger partial charge >= 0.3 is 5.97 Å². The Bertz CT molecular complexity index is 596. The van der Waals surface area contributed by atoms with E-state index < -0.39 is 0 Å². The molecule has 0 heterocycles. The molecule has 2 rings (SSSR count). The van der Waals surface area contributed by atoms with E-state index in [2.05, 4.69) is 15.9 Å². The number of carbonyl (C=O) groups excluding carboxylic acids is 1. The topological polar surface area (TPSA) is 26.3 Å². The summed E-state index contributed by atoms with van der Waals surface area (Å²) in [5.41, 5.74) is 1.97. The molecule has 0 fully saturated rings. The van der Waals surface area contributed by atoms with E-state index in [4.69, 9.17) is 16.3 Å². The van der Waals surface area contributed by atoms with Crippen LogP contribution in [-0.2, 0) is 16.0 Å². The summed E-state index contributed by atoms with van der Waals surface area (Å²) in [7, 11) is 1.41. The maximum Gasteiger partial charge on any atom is 0.313 e. The summed E-state index contributed by atoms with van der Waals surface area (Å²) in [6.07, 6.45) is 0.576. The number of carbonyl (C=O) groups is 1. The molecular formula is C16H14BrClO2. The summed E-state index contributed by atoms with van der Waals surface area (Å²) < 4.78 is 5.84. The molecule has 0 aliphatic carbocycles. The van der Waals surface area contributed by atoms with Crippen LogP contribution in [0.4, 0.5) is 0 Å². The van der Waals surface area contributed by atoms with Crippen molar-refractivity contribution in [3.63, 3.8) is 0 Å². The molecule has 0 unspecified atom stereocenters. The lowest BCUT2D eigenvalue weighted by atomic mass is 9.92. The van der Waals surface area contributed by atoms with Crippen LogP contribution in [0, 0.1) is 0 Å². The van der Waals surface area contributed by atoms with Crippen molar-refractivity contribution >= 4 is 33.5 Å². The zero-order valence-corrected chi connectivity index (χ0v) is 13.3. The number of hydrogen-bond donors (Lipinski definition) is 0. The van der Waals surface area contributed by atoms with Crippen LogP contribution in [0.2, 0.25) is 5.02 Å². The molecule has 104 valence electrons. The normalized spacial score (nSPS) is 11.9. The van der Waals surface area contributed by atoms with Crippen molar-refractivity contribution in [3.05, 3.63) is 69.2 Å². The summed E-state index contributed by atoms with van der Waals surface area (Å²) in [4.78, 5) is 12.1. The van der Waals surface area contributed by atoms with Crippen LogP contribution >= 0.6 is 27.5 Å². The monoisotopic (exact) mass is 352 g/mol. The van der Waals surface area contributed by atoms with E-state index in [1.165, 1.54) is 7.11 Å². The van der Waals surface area contributed by atoms with Crippen LogP contribution in [-0.4, -0.2) is 13.1 Å². The Morgan fingerprint density at radius 3 is 2.45 bits per heavy atom. The highest BCUT2D eigenvalue weighted by atomic mass is 79.9.